The number of fused-ring (bicyclic) bond motifs is 1. The average Bonchev–Trinajstić information content (AvgIpc) is 3.17. The summed E-state index contributed by atoms with van der Waals surface area (Å²) in [5.74, 6) is 0.279. The summed E-state index contributed by atoms with van der Waals surface area (Å²) in [5, 5.41) is 6.32. The van der Waals surface area contributed by atoms with Gasteiger partial charge in [-0.3, -0.25) is 4.79 Å². The highest BCUT2D eigenvalue weighted by Crippen LogP contribution is 2.31. The topological polar surface area (TPSA) is 45.8 Å². The van der Waals surface area contributed by atoms with Crippen molar-refractivity contribution in [1.82, 2.24) is 9.97 Å². The molecule has 0 aliphatic carbocycles. The Morgan fingerprint density at radius 1 is 1.05 bits per heavy atom. The molecule has 0 bridgehead atoms. The van der Waals surface area contributed by atoms with Crippen molar-refractivity contribution in [2.75, 3.05) is 0 Å². The van der Waals surface area contributed by atoms with Crippen molar-refractivity contribution in [2.45, 2.75) is 0 Å². The molecular formula is C16H9FN2OS2. The fourth-order valence-electron chi connectivity index (χ4n) is 2.33. The van der Waals surface area contributed by atoms with Crippen LogP contribution in [0.3, 0.4) is 0 Å². The van der Waals surface area contributed by atoms with E-state index >= 15 is 0 Å². The smallest absolute Gasteiger partial charge is 0.260 e. The van der Waals surface area contributed by atoms with Gasteiger partial charge >= 0.3 is 0 Å². The van der Waals surface area contributed by atoms with E-state index in [1.165, 1.54) is 23.5 Å². The summed E-state index contributed by atoms with van der Waals surface area (Å²) >= 11 is 2.97. The molecule has 1 N–H and O–H groups in total. The van der Waals surface area contributed by atoms with Crippen molar-refractivity contribution in [1.29, 1.82) is 0 Å². The average molecular weight is 328 g/mol. The molecule has 0 fully saturated rings. The van der Waals surface area contributed by atoms with E-state index in [1.54, 1.807) is 23.5 Å². The number of aromatic amines is 1. The van der Waals surface area contributed by atoms with Crippen LogP contribution in [0.15, 0.2) is 51.3 Å². The number of nitrogens with zero attached hydrogens (tertiary/aromatic N) is 1. The van der Waals surface area contributed by atoms with Crippen LogP contribution in [0.1, 0.15) is 0 Å². The molecular weight excluding hydrogens is 319 g/mol. The maximum Gasteiger partial charge on any atom is 0.260 e. The summed E-state index contributed by atoms with van der Waals surface area (Å²) in [6.07, 6.45) is 0. The largest absolute Gasteiger partial charge is 0.306 e. The molecule has 0 radical (unpaired) electrons. The Balaban J connectivity index is 1.93. The van der Waals surface area contributed by atoms with Gasteiger partial charge in [0, 0.05) is 21.9 Å². The number of thiophene rings is 2. The number of rotatable bonds is 2. The van der Waals surface area contributed by atoms with E-state index in [0.29, 0.717) is 16.0 Å². The first-order valence-electron chi connectivity index (χ1n) is 6.52. The molecule has 108 valence electrons. The molecule has 0 aliphatic rings. The SMILES string of the molecule is O=c1[nH]c(-c2ccsc2)nc2scc(-c3ccc(F)cc3)c12. The van der Waals surface area contributed by atoms with Crippen LogP contribution in [0.4, 0.5) is 4.39 Å². The lowest BCUT2D eigenvalue weighted by Gasteiger charge is -2.01. The summed E-state index contributed by atoms with van der Waals surface area (Å²) in [6, 6.07) is 8.04. The quantitative estimate of drug-likeness (QED) is 0.588. The summed E-state index contributed by atoms with van der Waals surface area (Å²) in [6.45, 7) is 0. The highest BCUT2D eigenvalue weighted by molar-refractivity contribution is 7.17. The van der Waals surface area contributed by atoms with Gasteiger partial charge in [0.05, 0.1) is 5.39 Å². The van der Waals surface area contributed by atoms with Crippen LogP contribution in [-0.4, -0.2) is 9.97 Å². The van der Waals surface area contributed by atoms with Crippen molar-refractivity contribution in [3.05, 3.63) is 62.6 Å². The molecule has 6 heteroatoms. The number of hydrogen-bond acceptors (Lipinski definition) is 4. The van der Waals surface area contributed by atoms with Gasteiger partial charge in [0.2, 0.25) is 0 Å². The van der Waals surface area contributed by atoms with E-state index in [2.05, 4.69) is 9.97 Å². The van der Waals surface area contributed by atoms with E-state index in [1.807, 2.05) is 22.2 Å². The molecule has 3 aromatic heterocycles. The lowest BCUT2D eigenvalue weighted by atomic mass is 10.1. The molecule has 0 atom stereocenters. The molecule has 4 rings (SSSR count). The molecule has 0 aliphatic heterocycles. The number of halogens is 1. The standard InChI is InChI=1S/C16H9FN2OS2/c17-11-3-1-9(2-4-11)12-8-22-16-13(12)15(20)18-14(19-16)10-5-6-21-7-10/h1-8H,(H,18,19,20). The van der Waals surface area contributed by atoms with Crippen molar-refractivity contribution < 1.29 is 4.39 Å². The maximum absolute atomic E-state index is 13.1. The van der Waals surface area contributed by atoms with E-state index in [9.17, 15) is 9.18 Å². The lowest BCUT2D eigenvalue weighted by Crippen LogP contribution is -2.08. The van der Waals surface area contributed by atoms with Crippen LogP contribution in [0.25, 0.3) is 32.7 Å². The normalized spacial score (nSPS) is 11.1. The Labute approximate surface area is 132 Å². The molecule has 0 spiro atoms. The third-order valence-electron chi connectivity index (χ3n) is 3.39. The number of hydrogen-bond donors (Lipinski definition) is 1. The molecule has 3 heterocycles. The number of aromatic nitrogens is 2. The van der Waals surface area contributed by atoms with Crippen molar-refractivity contribution >= 4 is 32.9 Å². The van der Waals surface area contributed by atoms with Crippen molar-refractivity contribution in [2.24, 2.45) is 0 Å². The van der Waals surface area contributed by atoms with Crippen LogP contribution < -0.4 is 5.56 Å². The monoisotopic (exact) mass is 328 g/mol. The zero-order chi connectivity index (χ0) is 15.1. The zero-order valence-corrected chi connectivity index (χ0v) is 12.8. The second-order valence-electron chi connectivity index (χ2n) is 4.76. The van der Waals surface area contributed by atoms with Gasteiger partial charge in [-0.2, -0.15) is 11.3 Å². The molecule has 4 aromatic rings. The van der Waals surface area contributed by atoms with Gasteiger partial charge < -0.3 is 4.98 Å². The second-order valence-corrected chi connectivity index (χ2v) is 6.40. The van der Waals surface area contributed by atoms with E-state index in [4.69, 9.17) is 0 Å². The fraction of sp³-hybridized carbons (Fsp3) is 0. The number of benzene rings is 1. The molecule has 3 nitrogen and oxygen atoms in total. The highest BCUT2D eigenvalue weighted by atomic mass is 32.1. The van der Waals surface area contributed by atoms with Crippen molar-refractivity contribution in [3.8, 4) is 22.5 Å². The fourth-order valence-corrected chi connectivity index (χ4v) is 3.92. The van der Waals surface area contributed by atoms with Gasteiger partial charge in [-0.1, -0.05) is 12.1 Å². The zero-order valence-electron chi connectivity index (χ0n) is 11.2. The number of H-pyrrole nitrogens is 1. The van der Waals surface area contributed by atoms with Crippen LogP contribution in [0.5, 0.6) is 0 Å². The predicted molar refractivity (Wildman–Crippen MR) is 88.9 cm³/mol. The summed E-state index contributed by atoms with van der Waals surface area (Å²) < 4.78 is 13.1. The molecule has 0 saturated heterocycles. The Bertz CT molecular complexity index is 1000. The van der Waals surface area contributed by atoms with Crippen LogP contribution in [0.2, 0.25) is 0 Å². The van der Waals surface area contributed by atoms with Gasteiger partial charge in [-0.05, 0) is 29.1 Å². The first kappa shape index (κ1) is 13.4. The summed E-state index contributed by atoms with van der Waals surface area (Å²) in [7, 11) is 0. The third-order valence-corrected chi connectivity index (χ3v) is 4.95. The predicted octanol–water partition coefficient (Wildman–Crippen LogP) is 4.52. The first-order chi connectivity index (χ1) is 10.7. The van der Waals surface area contributed by atoms with Crippen molar-refractivity contribution in [3.63, 3.8) is 0 Å². The Morgan fingerprint density at radius 2 is 1.86 bits per heavy atom. The molecule has 0 saturated carbocycles. The minimum atomic E-state index is -0.296. The summed E-state index contributed by atoms with van der Waals surface area (Å²) in [5.41, 5.74) is 2.32. The Kier molecular flexibility index (Phi) is 3.13. The first-order valence-corrected chi connectivity index (χ1v) is 8.34. The van der Waals surface area contributed by atoms with Crippen LogP contribution in [-0.2, 0) is 0 Å². The minimum absolute atomic E-state index is 0.174. The summed E-state index contributed by atoms with van der Waals surface area (Å²) in [4.78, 5) is 20.5. The van der Waals surface area contributed by atoms with Gasteiger partial charge in [0.25, 0.3) is 5.56 Å². The number of nitrogens with one attached hydrogen (secondary N) is 1. The minimum Gasteiger partial charge on any atom is -0.306 e. The molecule has 0 amide bonds. The van der Waals surface area contributed by atoms with E-state index in [0.717, 1.165) is 16.7 Å². The van der Waals surface area contributed by atoms with Crippen LogP contribution in [0, 0.1) is 5.82 Å². The second kappa shape index (κ2) is 5.15. The third kappa shape index (κ3) is 2.17. The van der Waals surface area contributed by atoms with E-state index < -0.39 is 0 Å². The Morgan fingerprint density at radius 3 is 2.59 bits per heavy atom. The maximum atomic E-state index is 13.1. The molecule has 0 unspecified atom stereocenters. The van der Waals surface area contributed by atoms with Gasteiger partial charge in [-0.25, -0.2) is 9.37 Å². The van der Waals surface area contributed by atoms with Gasteiger partial charge in [-0.15, -0.1) is 11.3 Å². The van der Waals surface area contributed by atoms with Gasteiger partial charge in [0.1, 0.15) is 16.5 Å². The lowest BCUT2D eigenvalue weighted by molar-refractivity contribution is 0.628. The van der Waals surface area contributed by atoms with E-state index in [-0.39, 0.29) is 11.4 Å². The highest BCUT2D eigenvalue weighted by Gasteiger charge is 2.13. The molecule has 1 aromatic carbocycles. The Hall–Kier alpha value is -2.31. The van der Waals surface area contributed by atoms with Crippen LogP contribution >= 0.6 is 22.7 Å². The van der Waals surface area contributed by atoms with Gasteiger partial charge in [0.15, 0.2) is 0 Å². The molecule has 22 heavy (non-hydrogen) atoms.